The number of carboxylic acids is 1. The van der Waals surface area contributed by atoms with Crippen LogP contribution in [0.15, 0.2) is 12.1 Å². The van der Waals surface area contributed by atoms with Crippen LogP contribution < -0.4 is 15.2 Å². The number of carboxylic acid groups (broad SMARTS) is 1. The van der Waals surface area contributed by atoms with E-state index in [1.807, 2.05) is 12.1 Å². The van der Waals surface area contributed by atoms with Gasteiger partial charge in [-0.1, -0.05) is 13.8 Å². The van der Waals surface area contributed by atoms with Crippen molar-refractivity contribution in [2.24, 2.45) is 5.73 Å². The molecule has 0 aliphatic carbocycles. The van der Waals surface area contributed by atoms with E-state index < -0.39 is 5.97 Å². The molecule has 0 amide bonds. The summed E-state index contributed by atoms with van der Waals surface area (Å²) in [6.45, 7) is 5.45. The van der Waals surface area contributed by atoms with Crippen LogP contribution in [0.5, 0.6) is 11.5 Å². The first kappa shape index (κ1) is 15.6. The lowest BCUT2D eigenvalue weighted by molar-refractivity contribution is -0.137. The van der Waals surface area contributed by atoms with Gasteiger partial charge in [0.15, 0.2) is 11.5 Å². The molecule has 5 heteroatoms. The van der Waals surface area contributed by atoms with Crippen molar-refractivity contribution in [1.82, 2.24) is 0 Å². The summed E-state index contributed by atoms with van der Waals surface area (Å²) in [6, 6.07) is 3.60. The average molecular weight is 293 g/mol. The maximum atomic E-state index is 10.7. The highest BCUT2D eigenvalue weighted by atomic mass is 16.5. The highest BCUT2D eigenvalue weighted by molar-refractivity contribution is 5.66. The van der Waals surface area contributed by atoms with Crippen LogP contribution in [-0.4, -0.2) is 24.3 Å². The predicted molar refractivity (Wildman–Crippen MR) is 79.9 cm³/mol. The molecule has 1 heterocycles. The number of nitrogens with two attached hydrogens (primary N) is 1. The van der Waals surface area contributed by atoms with Gasteiger partial charge in [-0.3, -0.25) is 4.79 Å². The molecule has 1 aliphatic heterocycles. The minimum Gasteiger partial charge on any atom is -0.490 e. The number of carbonyl (C=O) groups is 1. The molecule has 0 aromatic heterocycles. The first-order valence-electron chi connectivity index (χ1n) is 7.40. The van der Waals surface area contributed by atoms with Gasteiger partial charge in [-0.2, -0.15) is 0 Å². The second-order valence-electron chi connectivity index (χ2n) is 5.67. The van der Waals surface area contributed by atoms with E-state index in [0.29, 0.717) is 25.4 Å². The standard InChI is InChI=1S/C16H23NO4/c1-10(2)11-8-14-15(21-7-3-6-20-14)9-12(11)13(17)4-5-16(18)19/h8-10,13H,3-7,17H2,1-2H3,(H,18,19). The largest absolute Gasteiger partial charge is 0.490 e. The third-order valence-corrected chi connectivity index (χ3v) is 3.64. The Hall–Kier alpha value is -1.75. The molecule has 1 aliphatic rings. The van der Waals surface area contributed by atoms with Gasteiger partial charge < -0.3 is 20.3 Å². The summed E-state index contributed by atoms with van der Waals surface area (Å²) in [5, 5.41) is 8.82. The Kier molecular flexibility index (Phi) is 5.07. The number of rotatable bonds is 5. The van der Waals surface area contributed by atoms with E-state index in [-0.39, 0.29) is 18.4 Å². The molecular weight excluding hydrogens is 270 g/mol. The van der Waals surface area contributed by atoms with Crippen molar-refractivity contribution in [3.8, 4) is 11.5 Å². The fourth-order valence-corrected chi connectivity index (χ4v) is 2.50. The zero-order valence-corrected chi connectivity index (χ0v) is 12.6. The van der Waals surface area contributed by atoms with Crippen molar-refractivity contribution in [3.05, 3.63) is 23.3 Å². The van der Waals surface area contributed by atoms with Crippen molar-refractivity contribution in [1.29, 1.82) is 0 Å². The van der Waals surface area contributed by atoms with Crippen LogP contribution >= 0.6 is 0 Å². The van der Waals surface area contributed by atoms with Crippen molar-refractivity contribution < 1.29 is 19.4 Å². The van der Waals surface area contributed by atoms with Gasteiger partial charge in [0.25, 0.3) is 0 Å². The van der Waals surface area contributed by atoms with Crippen molar-refractivity contribution in [2.75, 3.05) is 13.2 Å². The van der Waals surface area contributed by atoms with Gasteiger partial charge in [0.05, 0.1) is 13.2 Å². The van der Waals surface area contributed by atoms with Gasteiger partial charge >= 0.3 is 5.97 Å². The average Bonchev–Trinajstić information content (AvgIpc) is 2.67. The van der Waals surface area contributed by atoms with Gasteiger partial charge in [0.1, 0.15) is 0 Å². The molecule has 3 N–H and O–H groups in total. The lowest BCUT2D eigenvalue weighted by Gasteiger charge is -2.21. The highest BCUT2D eigenvalue weighted by Gasteiger charge is 2.20. The maximum Gasteiger partial charge on any atom is 0.303 e. The Balaban J connectivity index is 2.33. The molecule has 0 bridgehead atoms. The minimum absolute atomic E-state index is 0.0626. The SMILES string of the molecule is CC(C)c1cc2c(cc1C(N)CCC(=O)O)OCCCO2. The summed E-state index contributed by atoms with van der Waals surface area (Å²) in [5.74, 6) is 0.919. The van der Waals surface area contributed by atoms with Crippen LogP contribution in [0.2, 0.25) is 0 Å². The van der Waals surface area contributed by atoms with Crippen LogP contribution in [0, 0.1) is 0 Å². The molecule has 21 heavy (non-hydrogen) atoms. The summed E-state index contributed by atoms with van der Waals surface area (Å²) in [6.07, 6.45) is 1.33. The zero-order chi connectivity index (χ0) is 15.4. The van der Waals surface area contributed by atoms with Gasteiger partial charge in [-0.15, -0.1) is 0 Å². The van der Waals surface area contributed by atoms with Crippen LogP contribution in [0.25, 0.3) is 0 Å². The molecule has 1 atom stereocenters. The Labute approximate surface area is 125 Å². The molecule has 0 saturated carbocycles. The quantitative estimate of drug-likeness (QED) is 0.872. The van der Waals surface area contributed by atoms with Crippen LogP contribution in [0.3, 0.4) is 0 Å². The lowest BCUT2D eigenvalue weighted by Crippen LogP contribution is -2.15. The molecule has 1 aromatic rings. The summed E-state index contributed by atoms with van der Waals surface area (Å²) in [7, 11) is 0. The van der Waals surface area contributed by atoms with E-state index in [1.165, 1.54) is 0 Å². The molecule has 0 radical (unpaired) electrons. The summed E-state index contributed by atoms with van der Waals surface area (Å²) < 4.78 is 11.4. The first-order chi connectivity index (χ1) is 9.99. The monoisotopic (exact) mass is 293 g/mol. The maximum absolute atomic E-state index is 10.7. The van der Waals surface area contributed by atoms with Gasteiger partial charge in [0.2, 0.25) is 0 Å². The Morgan fingerprint density at radius 2 is 1.81 bits per heavy atom. The number of aliphatic carboxylic acids is 1. The lowest BCUT2D eigenvalue weighted by atomic mass is 9.90. The Morgan fingerprint density at radius 1 is 1.24 bits per heavy atom. The smallest absolute Gasteiger partial charge is 0.303 e. The number of ether oxygens (including phenoxy) is 2. The Bertz CT molecular complexity index is 513. The first-order valence-corrected chi connectivity index (χ1v) is 7.40. The Morgan fingerprint density at radius 3 is 2.33 bits per heavy atom. The molecule has 1 aromatic carbocycles. The van der Waals surface area contributed by atoms with Crippen molar-refractivity contribution in [2.45, 2.75) is 45.1 Å². The number of benzene rings is 1. The fraction of sp³-hybridized carbons (Fsp3) is 0.562. The van der Waals surface area contributed by atoms with E-state index in [1.54, 1.807) is 0 Å². The number of fused-ring (bicyclic) bond motifs is 1. The molecule has 0 fully saturated rings. The van der Waals surface area contributed by atoms with E-state index in [9.17, 15) is 4.79 Å². The van der Waals surface area contributed by atoms with Gasteiger partial charge in [-0.25, -0.2) is 0 Å². The van der Waals surface area contributed by atoms with E-state index in [0.717, 1.165) is 23.3 Å². The van der Waals surface area contributed by atoms with E-state index in [4.69, 9.17) is 20.3 Å². The minimum atomic E-state index is -0.828. The third-order valence-electron chi connectivity index (χ3n) is 3.64. The molecule has 2 rings (SSSR count). The molecular formula is C16H23NO4. The summed E-state index contributed by atoms with van der Waals surface area (Å²) >= 11 is 0. The van der Waals surface area contributed by atoms with Crippen molar-refractivity contribution in [3.63, 3.8) is 0 Å². The molecule has 5 nitrogen and oxygen atoms in total. The molecule has 116 valence electrons. The normalized spacial score (nSPS) is 15.6. The summed E-state index contributed by atoms with van der Waals surface area (Å²) in [4.78, 5) is 10.7. The van der Waals surface area contributed by atoms with Crippen LogP contribution in [0.4, 0.5) is 0 Å². The van der Waals surface area contributed by atoms with E-state index in [2.05, 4.69) is 13.8 Å². The summed E-state index contributed by atoms with van der Waals surface area (Å²) in [5.41, 5.74) is 8.24. The predicted octanol–water partition coefficient (Wildman–Crippen LogP) is 2.84. The molecule has 1 unspecified atom stereocenters. The molecule has 0 spiro atoms. The van der Waals surface area contributed by atoms with Crippen molar-refractivity contribution >= 4 is 5.97 Å². The van der Waals surface area contributed by atoms with Crippen LogP contribution in [0.1, 0.15) is 56.2 Å². The number of hydrogen-bond donors (Lipinski definition) is 2. The second kappa shape index (κ2) is 6.80. The number of hydrogen-bond acceptors (Lipinski definition) is 4. The topological polar surface area (TPSA) is 81.8 Å². The van der Waals surface area contributed by atoms with Crippen LogP contribution in [-0.2, 0) is 4.79 Å². The van der Waals surface area contributed by atoms with E-state index >= 15 is 0 Å². The van der Waals surface area contributed by atoms with Gasteiger partial charge in [-0.05, 0) is 35.6 Å². The second-order valence-corrected chi connectivity index (χ2v) is 5.67. The third kappa shape index (κ3) is 3.88. The highest BCUT2D eigenvalue weighted by Crippen LogP contribution is 2.38. The van der Waals surface area contributed by atoms with Gasteiger partial charge in [0, 0.05) is 18.9 Å². The zero-order valence-electron chi connectivity index (χ0n) is 12.6. The fourth-order valence-electron chi connectivity index (χ4n) is 2.50. The molecule has 0 saturated heterocycles.